The first-order valence-corrected chi connectivity index (χ1v) is 7.56. The van der Waals surface area contributed by atoms with Crippen LogP contribution in [0.15, 0.2) is 48.5 Å². The van der Waals surface area contributed by atoms with E-state index in [4.69, 9.17) is 5.73 Å². The molecule has 0 radical (unpaired) electrons. The average molecular weight is 339 g/mol. The van der Waals surface area contributed by atoms with Gasteiger partial charge in [-0.2, -0.15) is 0 Å². The van der Waals surface area contributed by atoms with Gasteiger partial charge >= 0.3 is 0 Å². The number of rotatable bonds is 3. The topological polar surface area (TPSA) is 29.3 Å². The Morgan fingerprint density at radius 3 is 2.43 bits per heavy atom. The molecular weight excluding hydrogens is 318 g/mol. The SMILES string of the molecule is CC(c1ccc(F)cc1F)N1C[C@@H](N)[C@H](c2ccccc2)C1.Cl. The van der Waals surface area contributed by atoms with Crippen LogP contribution < -0.4 is 5.73 Å². The standard InChI is InChI=1S/C18H20F2N2.ClH/c1-12(15-8-7-14(19)9-17(15)20)22-10-16(18(21)11-22)13-5-3-2-4-6-13;/h2-9,12,16,18H,10-11,21H2,1H3;1H/t12?,16-,18+;/m0./s1. The van der Waals surface area contributed by atoms with E-state index in [1.807, 2.05) is 25.1 Å². The number of hydrogen-bond donors (Lipinski definition) is 1. The summed E-state index contributed by atoms with van der Waals surface area (Å²) in [5.41, 5.74) is 8.01. The highest BCUT2D eigenvalue weighted by atomic mass is 35.5. The number of benzene rings is 2. The van der Waals surface area contributed by atoms with Crippen LogP contribution in [0.4, 0.5) is 8.78 Å². The van der Waals surface area contributed by atoms with Crippen molar-refractivity contribution in [3.63, 3.8) is 0 Å². The van der Waals surface area contributed by atoms with E-state index < -0.39 is 11.6 Å². The van der Waals surface area contributed by atoms with Crippen LogP contribution in [-0.2, 0) is 0 Å². The quantitative estimate of drug-likeness (QED) is 0.920. The lowest BCUT2D eigenvalue weighted by atomic mass is 9.95. The Hall–Kier alpha value is -1.49. The van der Waals surface area contributed by atoms with Crippen LogP contribution in [0.1, 0.15) is 30.0 Å². The lowest BCUT2D eigenvalue weighted by Gasteiger charge is -2.25. The van der Waals surface area contributed by atoms with E-state index in [-0.39, 0.29) is 30.4 Å². The van der Waals surface area contributed by atoms with Crippen LogP contribution in [-0.4, -0.2) is 24.0 Å². The molecule has 23 heavy (non-hydrogen) atoms. The molecule has 0 spiro atoms. The van der Waals surface area contributed by atoms with Gasteiger partial charge in [-0.3, -0.25) is 4.90 Å². The van der Waals surface area contributed by atoms with Gasteiger partial charge in [-0.1, -0.05) is 36.4 Å². The van der Waals surface area contributed by atoms with Crippen molar-refractivity contribution in [2.24, 2.45) is 5.73 Å². The monoisotopic (exact) mass is 338 g/mol. The highest BCUT2D eigenvalue weighted by Gasteiger charge is 2.34. The minimum absolute atomic E-state index is 0. The second kappa shape index (κ2) is 7.39. The van der Waals surface area contributed by atoms with Crippen LogP contribution >= 0.6 is 12.4 Å². The van der Waals surface area contributed by atoms with Crippen molar-refractivity contribution in [3.8, 4) is 0 Å². The number of nitrogens with two attached hydrogens (primary N) is 1. The van der Waals surface area contributed by atoms with Crippen LogP contribution in [0.3, 0.4) is 0 Å². The molecule has 1 aliphatic rings. The van der Waals surface area contributed by atoms with Gasteiger partial charge in [-0.25, -0.2) is 8.78 Å². The van der Waals surface area contributed by atoms with Gasteiger partial charge in [0, 0.05) is 42.7 Å². The molecule has 1 fully saturated rings. The molecule has 0 aliphatic carbocycles. The molecule has 2 nitrogen and oxygen atoms in total. The van der Waals surface area contributed by atoms with Crippen molar-refractivity contribution >= 4 is 12.4 Å². The van der Waals surface area contributed by atoms with Gasteiger partial charge in [0.25, 0.3) is 0 Å². The summed E-state index contributed by atoms with van der Waals surface area (Å²) in [6, 6.07) is 13.8. The van der Waals surface area contributed by atoms with E-state index in [0.717, 1.165) is 12.6 Å². The zero-order chi connectivity index (χ0) is 15.7. The summed E-state index contributed by atoms with van der Waals surface area (Å²) in [5.74, 6) is -0.801. The Balaban J connectivity index is 0.00000192. The molecule has 0 amide bonds. The highest BCUT2D eigenvalue weighted by molar-refractivity contribution is 5.85. The summed E-state index contributed by atoms with van der Waals surface area (Å²) in [6.45, 7) is 3.43. The molecule has 124 valence electrons. The van der Waals surface area contributed by atoms with Gasteiger partial charge in [-0.05, 0) is 18.6 Å². The zero-order valence-electron chi connectivity index (χ0n) is 13.0. The largest absolute Gasteiger partial charge is 0.326 e. The first kappa shape index (κ1) is 17.9. The first-order valence-electron chi connectivity index (χ1n) is 7.56. The summed E-state index contributed by atoms with van der Waals surface area (Å²) < 4.78 is 27.0. The van der Waals surface area contributed by atoms with E-state index in [0.29, 0.717) is 12.1 Å². The van der Waals surface area contributed by atoms with Gasteiger partial charge < -0.3 is 5.73 Å². The molecule has 1 heterocycles. The predicted octanol–water partition coefficient (Wildman–Crippen LogP) is 3.87. The molecule has 1 saturated heterocycles. The molecule has 2 N–H and O–H groups in total. The zero-order valence-corrected chi connectivity index (χ0v) is 13.8. The second-order valence-corrected chi connectivity index (χ2v) is 5.98. The van der Waals surface area contributed by atoms with Crippen molar-refractivity contribution in [3.05, 3.63) is 71.3 Å². The molecule has 1 aliphatic heterocycles. The number of nitrogens with zero attached hydrogens (tertiary/aromatic N) is 1. The van der Waals surface area contributed by atoms with Gasteiger partial charge in [0.2, 0.25) is 0 Å². The van der Waals surface area contributed by atoms with E-state index in [1.54, 1.807) is 0 Å². The lowest BCUT2D eigenvalue weighted by molar-refractivity contribution is 0.251. The Kier molecular flexibility index (Phi) is 5.74. The summed E-state index contributed by atoms with van der Waals surface area (Å²) in [7, 11) is 0. The van der Waals surface area contributed by atoms with Crippen molar-refractivity contribution in [1.82, 2.24) is 4.90 Å². The summed E-state index contributed by atoms with van der Waals surface area (Å²) in [6.07, 6.45) is 0. The van der Waals surface area contributed by atoms with Crippen LogP contribution in [0.5, 0.6) is 0 Å². The minimum Gasteiger partial charge on any atom is -0.326 e. The molecule has 5 heteroatoms. The smallest absolute Gasteiger partial charge is 0.130 e. The molecule has 1 unspecified atom stereocenters. The second-order valence-electron chi connectivity index (χ2n) is 5.98. The third kappa shape index (κ3) is 3.71. The third-order valence-electron chi connectivity index (χ3n) is 4.58. The molecule has 0 bridgehead atoms. The highest BCUT2D eigenvalue weighted by Crippen LogP contribution is 2.33. The molecule has 0 saturated carbocycles. The van der Waals surface area contributed by atoms with Gasteiger partial charge in [0.15, 0.2) is 0 Å². The fraction of sp³-hybridized carbons (Fsp3) is 0.333. The van der Waals surface area contributed by atoms with Crippen molar-refractivity contribution < 1.29 is 8.78 Å². The van der Waals surface area contributed by atoms with Crippen LogP contribution in [0, 0.1) is 11.6 Å². The Labute approximate surface area is 141 Å². The molecule has 3 rings (SSSR count). The Bertz CT molecular complexity index is 651. The number of hydrogen-bond acceptors (Lipinski definition) is 2. The van der Waals surface area contributed by atoms with Crippen molar-refractivity contribution in [1.29, 1.82) is 0 Å². The first-order chi connectivity index (χ1) is 10.6. The predicted molar refractivity (Wildman–Crippen MR) is 90.8 cm³/mol. The van der Waals surface area contributed by atoms with Crippen LogP contribution in [0.25, 0.3) is 0 Å². The van der Waals surface area contributed by atoms with E-state index in [1.165, 1.54) is 17.7 Å². The molecule has 3 atom stereocenters. The fourth-order valence-electron chi connectivity index (χ4n) is 3.27. The van der Waals surface area contributed by atoms with E-state index in [2.05, 4.69) is 17.0 Å². The third-order valence-corrected chi connectivity index (χ3v) is 4.58. The molecule has 2 aromatic carbocycles. The number of likely N-dealkylation sites (tertiary alicyclic amines) is 1. The van der Waals surface area contributed by atoms with Crippen molar-refractivity contribution in [2.75, 3.05) is 13.1 Å². The van der Waals surface area contributed by atoms with E-state index in [9.17, 15) is 8.78 Å². The summed E-state index contributed by atoms with van der Waals surface area (Å²) in [4.78, 5) is 2.17. The Morgan fingerprint density at radius 2 is 1.78 bits per heavy atom. The minimum atomic E-state index is -0.547. The molecule has 2 aromatic rings. The van der Waals surface area contributed by atoms with Gasteiger partial charge in [-0.15, -0.1) is 12.4 Å². The maximum Gasteiger partial charge on any atom is 0.130 e. The van der Waals surface area contributed by atoms with Gasteiger partial charge in [0.1, 0.15) is 11.6 Å². The lowest BCUT2D eigenvalue weighted by Crippen LogP contribution is -2.30. The molecule has 0 aromatic heterocycles. The normalized spacial score (nSPS) is 22.6. The van der Waals surface area contributed by atoms with Gasteiger partial charge in [0.05, 0.1) is 0 Å². The maximum absolute atomic E-state index is 14.0. The van der Waals surface area contributed by atoms with E-state index >= 15 is 0 Å². The maximum atomic E-state index is 14.0. The molecular formula is C18H21ClF2N2. The summed E-state index contributed by atoms with van der Waals surface area (Å²) >= 11 is 0. The number of halogens is 3. The fourth-order valence-corrected chi connectivity index (χ4v) is 3.27. The van der Waals surface area contributed by atoms with Crippen molar-refractivity contribution in [2.45, 2.75) is 24.9 Å². The Morgan fingerprint density at radius 1 is 1.09 bits per heavy atom. The average Bonchev–Trinajstić information content (AvgIpc) is 2.89. The van der Waals surface area contributed by atoms with Crippen LogP contribution in [0.2, 0.25) is 0 Å². The summed E-state index contributed by atoms with van der Waals surface area (Å²) in [5, 5.41) is 0.